The van der Waals surface area contributed by atoms with Crippen molar-refractivity contribution < 1.29 is 13.2 Å². The summed E-state index contributed by atoms with van der Waals surface area (Å²) in [7, 11) is -3.09. The zero-order valence-corrected chi connectivity index (χ0v) is 8.99. The van der Waals surface area contributed by atoms with Crippen LogP contribution in [0.3, 0.4) is 0 Å². The molecule has 0 aromatic carbocycles. The van der Waals surface area contributed by atoms with Gasteiger partial charge in [-0.1, -0.05) is 0 Å². The maximum absolute atomic E-state index is 11.1. The van der Waals surface area contributed by atoms with Crippen molar-refractivity contribution in [3.63, 3.8) is 0 Å². The molecule has 13 heavy (non-hydrogen) atoms. The number of hydrogen-bond acceptors (Lipinski definition) is 3. The molecular weight excluding hydrogens is 237 g/mol. The van der Waals surface area contributed by atoms with Crippen molar-refractivity contribution in [3.8, 4) is 0 Å². The average Bonchev–Trinajstić information content (AvgIpc) is 2.24. The van der Waals surface area contributed by atoms with E-state index in [0.29, 0.717) is 0 Å². The van der Waals surface area contributed by atoms with Crippen molar-refractivity contribution in [2.24, 2.45) is 0 Å². The molecule has 1 saturated heterocycles. The quantitative estimate of drug-likeness (QED) is 0.683. The van der Waals surface area contributed by atoms with Crippen LogP contribution >= 0.6 is 23.2 Å². The summed E-state index contributed by atoms with van der Waals surface area (Å²) in [5.74, 6) is -0.749. The van der Waals surface area contributed by atoms with Crippen molar-refractivity contribution in [2.45, 2.75) is 11.4 Å². The summed E-state index contributed by atoms with van der Waals surface area (Å²) in [5, 5.41) is 1.91. The van der Waals surface area contributed by atoms with Gasteiger partial charge < -0.3 is 5.32 Å². The first-order chi connectivity index (χ1) is 5.94. The number of sulfone groups is 1. The number of carbonyl (C=O) groups is 1. The first kappa shape index (κ1) is 11.1. The highest BCUT2D eigenvalue weighted by Crippen LogP contribution is 2.17. The van der Waals surface area contributed by atoms with Crippen molar-refractivity contribution in [1.29, 1.82) is 0 Å². The fraction of sp³-hybridized carbons (Fsp3) is 0.833. The molecule has 1 rings (SSSR count). The van der Waals surface area contributed by atoms with E-state index in [0.717, 1.165) is 0 Å². The summed E-state index contributed by atoms with van der Waals surface area (Å²) in [4.78, 5) is 10.8. The lowest BCUT2D eigenvalue weighted by molar-refractivity contribution is -0.119. The summed E-state index contributed by atoms with van der Waals surface area (Å²) in [5.41, 5.74) is 0. The minimum atomic E-state index is -3.09. The highest BCUT2D eigenvalue weighted by Gasteiger charge is 2.36. The SMILES string of the molecule is O=C(CCl)N[C@@H]1CS(=O)(=O)C[C@@H]1Cl. The van der Waals surface area contributed by atoms with Gasteiger partial charge in [0.25, 0.3) is 0 Å². The van der Waals surface area contributed by atoms with E-state index in [9.17, 15) is 13.2 Å². The maximum Gasteiger partial charge on any atom is 0.235 e. The van der Waals surface area contributed by atoms with Gasteiger partial charge in [-0.05, 0) is 0 Å². The van der Waals surface area contributed by atoms with Crippen molar-refractivity contribution in [1.82, 2.24) is 5.32 Å². The van der Waals surface area contributed by atoms with Gasteiger partial charge >= 0.3 is 0 Å². The minimum absolute atomic E-state index is 0.0816. The number of nitrogens with one attached hydrogen (secondary N) is 1. The Balaban J connectivity index is 2.59. The Kier molecular flexibility index (Phi) is 3.43. The number of alkyl halides is 2. The molecule has 1 amide bonds. The molecule has 1 heterocycles. The molecule has 2 atom stereocenters. The third kappa shape index (κ3) is 3.00. The van der Waals surface area contributed by atoms with Gasteiger partial charge in [0.1, 0.15) is 5.88 Å². The zero-order chi connectivity index (χ0) is 10.1. The van der Waals surface area contributed by atoms with Crippen LogP contribution in [-0.4, -0.2) is 43.1 Å². The third-order valence-corrected chi connectivity index (χ3v) is 4.37. The van der Waals surface area contributed by atoms with Gasteiger partial charge in [-0.25, -0.2) is 8.42 Å². The Hall–Kier alpha value is -0.000000000000000111. The minimum Gasteiger partial charge on any atom is -0.350 e. The van der Waals surface area contributed by atoms with Crippen LogP contribution in [0.4, 0.5) is 0 Å². The molecule has 0 aromatic heterocycles. The second-order valence-corrected chi connectivity index (χ2v) is 5.88. The van der Waals surface area contributed by atoms with Gasteiger partial charge in [0.05, 0.1) is 22.9 Å². The van der Waals surface area contributed by atoms with Gasteiger partial charge in [0, 0.05) is 0 Å². The lowest BCUT2D eigenvalue weighted by Crippen LogP contribution is -2.41. The molecule has 1 aliphatic rings. The molecule has 0 radical (unpaired) electrons. The molecule has 0 aliphatic carbocycles. The fourth-order valence-electron chi connectivity index (χ4n) is 1.18. The second-order valence-electron chi connectivity index (χ2n) is 2.90. The van der Waals surface area contributed by atoms with Gasteiger partial charge in [-0.15, -0.1) is 23.2 Å². The number of hydrogen-bond donors (Lipinski definition) is 1. The van der Waals surface area contributed by atoms with Gasteiger partial charge in [-0.2, -0.15) is 0 Å². The normalized spacial score (nSPS) is 31.5. The molecule has 7 heteroatoms. The van der Waals surface area contributed by atoms with E-state index in [4.69, 9.17) is 23.2 Å². The summed E-state index contributed by atoms with van der Waals surface area (Å²) >= 11 is 11.0. The van der Waals surface area contributed by atoms with Gasteiger partial charge in [0.2, 0.25) is 5.91 Å². The van der Waals surface area contributed by atoms with E-state index in [2.05, 4.69) is 5.32 Å². The van der Waals surface area contributed by atoms with Crippen LogP contribution in [0.15, 0.2) is 0 Å². The summed E-state index contributed by atoms with van der Waals surface area (Å²) in [6.45, 7) is 0. The van der Waals surface area contributed by atoms with Crippen LogP contribution in [0.5, 0.6) is 0 Å². The summed E-state index contributed by atoms with van der Waals surface area (Å²) in [6.07, 6.45) is 0. The fourth-order valence-corrected chi connectivity index (χ4v) is 3.81. The Morgan fingerprint density at radius 1 is 1.46 bits per heavy atom. The van der Waals surface area contributed by atoms with Crippen LogP contribution in [-0.2, 0) is 14.6 Å². The zero-order valence-electron chi connectivity index (χ0n) is 6.66. The average molecular weight is 246 g/mol. The smallest absolute Gasteiger partial charge is 0.235 e. The lowest BCUT2D eigenvalue weighted by atomic mass is 10.2. The van der Waals surface area contributed by atoms with E-state index in [1.807, 2.05) is 0 Å². The Bertz CT molecular complexity index is 303. The van der Waals surface area contributed by atoms with Crippen molar-refractivity contribution >= 4 is 38.9 Å². The van der Waals surface area contributed by atoms with Gasteiger partial charge in [-0.3, -0.25) is 4.79 Å². The van der Waals surface area contributed by atoms with Crippen molar-refractivity contribution in [3.05, 3.63) is 0 Å². The van der Waals surface area contributed by atoms with Crippen LogP contribution in [0, 0.1) is 0 Å². The molecule has 0 saturated carbocycles. The largest absolute Gasteiger partial charge is 0.350 e. The highest BCUT2D eigenvalue weighted by atomic mass is 35.5. The molecule has 4 nitrogen and oxygen atoms in total. The molecule has 0 aromatic rings. The molecule has 1 fully saturated rings. The Labute approximate surface area is 86.5 Å². The molecule has 76 valence electrons. The van der Waals surface area contributed by atoms with Crippen LogP contribution in [0.1, 0.15) is 0 Å². The number of carbonyl (C=O) groups excluding carboxylic acids is 1. The van der Waals surface area contributed by atoms with E-state index in [1.54, 1.807) is 0 Å². The van der Waals surface area contributed by atoms with Crippen LogP contribution in [0.2, 0.25) is 0 Å². The molecule has 0 spiro atoms. The van der Waals surface area contributed by atoms with E-state index >= 15 is 0 Å². The van der Waals surface area contributed by atoms with Gasteiger partial charge in [0.15, 0.2) is 9.84 Å². The number of rotatable bonds is 2. The Morgan fingerprint density at radius 3 is 2.46 bits per heavy atom. The van der Waals surface area contributed by atoms with Crippen LogP contribution in [0.25, 0.3) is 0 Å². The Morgan fingerprint density at radius 2 is 2.08 bits per heavy atom. The van der Waals surface area contributed by atoms with E-state index in [-0.39, 0.29) is 17.4 Å². The molecule has 0 bridgehead atoms. The molecule has 1 aliphatic heterocycles. The topological polar surface area (TPSA) is 63.2 Å². The standard InChI is InChI=1S/C6H9Cl2NO3S/c7-1-6(10)9-5-3-13(11,12)2-4(5)8/h4-5H,1-3H2,(H,9,10)/t4-,5+/m0/s1. The lowest BCUT2D eigenvalue weighted by Gasteiger charge is -2.12. The first-order valence-corrected chi connectivity index (χ1v) is 6.43. The highest BCUT2D eigenvalue weighted by molar-refractivity contribution is 7.91. The number of amides is 1. The summed E-state index contributed by atoms with van der Waals surface area (Å²) < 4.78 is 22.1. The first-order valence-electron chi connectivity index (χ1n) is 3.64. The summed E-state index contributed by atoms with van der Waals surface area (Å²) in [6, 6.07) is -0.502. The molecule has 0 unspecified atom stereocenters. The third-order valence-electron chi connectivity index (χ3n) is 1.75. The van der Waals surface area contributed by atoms with Crippen molar-refractivity contribution in [2.75, 3.05) is 17.4 Å². The predicted octanol–water partition coefficient (Wildman–Crippen LogP) is -0.254. The second kappa shape index (κ2) is 4.02. The van der Waals surface area contributed by atoms with E-state index < -0.39 is 27.2 Å². The molecular formula is C6H9Cl2NO3S. The van der Waals surface area contributed by atoms with E-state index in [1.165, 1.54) is 0 Å². The van der Waals surface area contributed by atoms with Crippen LogP contribution < -0.4 is 5.32 Å². The number of halogens is 2. The molecule has 1 N–H and O–H groups in total. The maximum atomic E-state index is 11.1. The predicted molar refractivity (Wildman–Crippen MR) is 50.9 cm³/mol. The monoisotopic (exact) mass is 245 g/mol.